The predicted octanol–water partition coefficient (Wildman–Crippen LogP) is 3.16. The van der Waals surface area contributed by atoms with Gasteiger partial charge in [0.15, 0.2) is 0 Å². The molecule has 0 N–H and O–H groups in total. The summed E-state index contributed by atoms with van der Waals surface area (Å²) in [4.78, 5) is 31.9. The molecule has 7 nitrogen and oxygen atoms in total. The predicted molar refractivity (Wildman–Crippen MR) is 128 cm³/mol. The molecule has 1 amide bonds. The maximum Gasteiger partial charge on any atom is 0.225 e. The molecule has 5 rings (SSSR count). The number of hydrogen-bond acceptors (Lipinski definition) is 6. The number of anilines is 2. The Morgan fingerprint density at radius 2 is 1.25 bits per heavy atom. The largest absolute Gasteiger partial charge is 0.356 e. The minimum atomic E-state index is 0.182. The van der Waals surface area contributed by atoms with Crippen molar-refractivity contribution in [3.05, 3.63) is 12.4 Å². The quantitative estimate of drug-likeness (QED) is 0.717. The summed E-state index contributed by atoms with van der Waals surface area (Å²) in [5, 5.41) is 0. The van der Waals surface area contributed by atoms with E-state index in [0.29, 0.717) is 11.9 Å². The normalized spacial score (nSPS) is 24.7. The molecule has 0 atom stereocenters. The smallest absolute Gasteiger partial charge is 0.225 e. The highest BCUT2D eigenvalue weighted by molar-refractivity contribution is 5.79. The average Bonchev–Trinajstić information content (AvgIpc) is 2.89. The number of carbonyl (C=O) groups excluding carboxylic acids is 1. The van der Waals surface area contributed by atoms with E-state index >= 15 is 0 Å². The maximum absolute atomic E-state index is 13.2. The number of carbonyl (C=O) groups is 1. The highest BCUT2D eigenvalue weighted by Gasteiger charge is 2.33. The van der Waals surface area contributed by atoms with Crippen molar-refractivity contribution in [1.29, 1.82) is 0 Å². The highest BCUT2D eigenvalue weighted by Crippen LogP contribution is 2.28. The van der Waals surface area contributed by atoms with Crippen molar-refractivity contribution >= 4 is 17.5 Å². The van der Waals surface area contributed by atoms with Gasteiger partial charge in [0.2, 0.25) is 5.91 Å². The van der Waals surface area contributed by atoms with Crippen molar-refractivity contribution < 1.29 is 4.79 Å². The highest BCUT2D eigenvalue weighted by atomic mass is 16.2. The molecule has 4 aliphatic heterocycles. The zero-order valence-corrected chi connectivity index (χ0v) is 19.6. The summed E-state index contributed by atoms with van der Waals surface area (Å²) in [6.45, 7) is 8.45. The molecular formula is C25H40N6O. The number of aromatic nitrogens is 2. The van der Waals surface area contributed by atoms with Crippen LogP contribution in [0.1, 0.15) is 64.2 Å². The molecule has 32 heavy (non-hydrogen) atoms. The van der Waals surface area contributed by atoms with Crippen LogP contribution in [-0.2, 0) is 4.79 Å². The third-order valence-corrected chi connectivity index (χ3v) is 8.17. The molecule has 1 aromatic rings. The van der Waals surface area contributed by atoms with Crippen LogP contribution < -0.4 is 9.80 Å². The number of amides is 1. The summed E-state index contributed by atoms with van der Waals surface area (Å²) < 4.78 is 0. The van der Waals surface area contributed by atoms with E-state index in [9.17, 15) is 4.79 Å². The zero-order valence-electron chi connectivity index (χ0n) is 19.6. The Morgan fingerprint density at radius 1 is 0.688 bits per heavy atom. The Hall–Kier alpha value is -1.89. The molecule has 0 bridgehead atoms. The Labute approximate surface area is 193 Å². The zero-order chi connectivity index (χ0) is 21.8. The van der Waals surface area contributed by atoms with Gasteiger partial charge in [-0.15, -0.1) is 0 Å². The Morgan fingerprint density at radius 3 is 1.88 bits per heavy atom. The Kier molecular flexibility index (Phi) is 7.10. The minimum absolute atomic E-state index is 0.182. The lowest BCUT2D eigenvalue weighted by molar-refractivity contribution is -0.137. The van der Waals surface area contributed by atoms with Gasteiger partial charge >= 0.3 is 0 Å². The van der Waals surface area contributed by atoms with Crippen LogP contribution in [0, 0.1) is 5.92 Å². The van der Waals surface area contributed by atoms with Crippen LogP contribution in [0.3, 0.4) is 0 Å². The van der Waals surface area contributed by atoms with Crippen molar-refractivity contribution in [3.63, 3.8) is 0 Å². The van der Waals surface area contributed by atoms with Gasteiger partial charge in [0, 0.05) is 57.3 Å². The van der Waals surface area contributed by atoms with E-state index in [4.69, 9.17) is 0 Å². The van der Waals surface area contributed by atoms with Crippen LogP contribution in [0.25, 0.3) is 0 Å². The first-order valence-electron chi connectivity index (χ1n) is 13.1. The van der Waals surface area contributed by atoms with Crippen molar-refractivity contribution in [2.24, 2.45) is 5.92 Å². The van der Waals surface area contributed by atoms with E-state index in [0.717, 1.165) is 76.6 Å². The molecule has 5 heterocycles. The first kappa shape index (κ1) is 21.9. The van der Waals surface area contributed by atoms with Gasteiger partial charge in [0.25, 0.3) is 0 Å². The molecule has 176 valence electrons. The lowest BCUT2D eigenvalue weighted by Crippen LogP contribution is -2.50. The van der Waals surface area contributed by atoms with E-state index < -0.39 is 0 Å². The summed E-state index contributed by atoms with van der Waals surface area (Å²) in [5.41, 5.74) is 0. The van der Waals surface area contributed by atoms with Crippen molar-refractivity contribution in [1.82, 2.24) is 19.8 Å². The standard InChI is InChI=1S/C25H40N6O/c32-25(31-17-9-22(10-18-31)28-11-3-1-4-12-28)21-7-15-30(16-8-21)24-19-23(26-20-27-24)29-13-5-2-6-14-29/h19-22H,1-18H2. The van der Waals surface area contributed by atoms with Crippen molar-refractivity contribution in [3.8, 4) is 0 Å². The monoisotopic (exact) mass is 440 g/mol. The fourth-order valence-corrected chi connectivity index (χ4v) is 6.15. The molecule has 7 heteroatoms. The Balaban J connectivity index is 1.10. The minimum Gasteiger partial charge on any atom is -0.356 e. The molecule has 4 aliphatic rings. The summed E-state index contributed by atoms with van der Waals surface area (Å²) in [5.74, 6) is 2.66. The molecule has 0 unspecified atom stereocenters. The van der Waals surface area contributed by atoms with Crippen LogP contribution in [0.4, 0.5) is 11.6 Å². The Bertz CT molecular complexity index is 745. The summed E-state index contributed by atoms with van der Waals surface area (Å²) in [6, 6.07) is 2.85. The molecule has 0 aliphatic carbocycles. The van der Waals surface area contributed by atoms with E-state index in [2.05, 4.69) is 35.6 Å². The van der Waals surface area contributed by atoms with Crippen LogP contribution in [0.5, 0.6) is 0 Å². The van der Waals surface area contributed by atoms with Crippen LogP contribution in [-0.4, -0.2) is 84.1 Å². The second-order valence-electron chi connectivity index (χ2n) is 10.2. The second kappa shape index (κ2) is 10.4. The van der Waals surface area contributed by atoms with Gasteiger partial charge in [0.05, 0.1) is 0 Å². The van der Waals surface area contributed by atoms with E-state index in [1.165, 1.54) is 51.6 Å². The third-order valence-electron chi connectivity index (χ3n) is 8.17. The van der Waals surface area contributed by atoms with Crippen LogP contribution in [0.15, 0.2) is 12.4 Å². The van der Waals surface area contributed by atoms with Crippen molar-refractivity contribution in [2.45, 2.75) is 70.3 Å². The van der Waals surface area contributed by atoms with Crippen LogP contribution >= 0.6 is 0 Å². The summed E-state index contributed by atoms with van der Waals surface area (Å²) >= 11 is 0. The fourth-order valence-electron chi connectivity index (χ4n) is 6.15. The molecule has 0 aromatic carbocycles. The maximum atomic E-state index is 13.2. The molecule has 1 aromatic heterocycles. The number of hydrogen-bond donors (Lipinski definition) is 0. The van der Waals surface area contributed by atoms with Gasteiger partial charge in [-0.2, -0.15) is 0 Å². The molecule has 0 spiro atoms. The topological polar surface area (TPSA) is 55.8 Å². The lowest BCUT2D eigenvalue weighted by Gasteiger charge is -2.42. The summed E-state index contributed by atoms with van der Waals surface area (Å²) in [6.07, 6.45) is 13.8. The average molecular weight is 441 g/mol. The molecule has 0 radical (unpaired) electrons. The van der Waals surface area contributed by atoms with Gasteiger partial charge < -0.3 is 19.6 Å². The molecule has 4 saturated heterocycles. The number of rotatable bonds is 4. The first-order valence-corrected chi connectivity index (χ1v) is 13.1. The number of nitrogens with zero attached hydrogens (tertiary/aromatic N) is 6. The first-order chi connectivity index (χ1) is 15.8. The van der Waals surface area contributed by atoms with Gasteiger partial charge in [-0.05, 0) is 70.9 Å². The number of likely N-dealkylation sites (tertiary alicyclic amines) is 2. The van der Waals surface area contributed by atoms with E-state index in [-0.39, 0.29) is 5.92 Å². The van der Waals surface area contributed by atoms with Gasteiger partial charge in [-0.3, -0.25) is 4.79 Å². The molecular weight excluding hydrogens is 400 g/mol. The molecule has 0 saturated carbocycles. The van der Waals surface area contributed by atoms with Gasteiger partial charge in [-0.25, -0.2) is 9.97 Å². The summed E-state index contributed by atoms with van der Waals surface area (Å²) in [7, 11) is 0. The van der Waals surface area contributed by atoms with Gasteiger partial charge in [0.1, 0.15) is 18.0 Å². The fraction of sp³-hybridized carbons (Fsp3) is 0.800. The third kappa shape index (κ3) is 5.03. The number of piperidine rings is 4. The van der Waals surface area contributed by atoms with Gasteiger partial charge in [-0.1, -0.05) is 6.42 Å². The van der Waals surface area contributed by atoms with Crippen LogP contribution in [0.2, 0.25) is 0 Å². The van der Waals surface area contributed by atoms with Crippen molar-refractivity contribution in [2.75, 3.05) is 62.2 Å². The molecule has 4 fully saturated rings. The lowest BCUT2D eigenvalue weighted by atomic mass is 9.93. The second-order valence-corrected chi connectivity index (χ2v) is 10.2. The van der Waals surface area contributed by atoms with E-state index in [1.54, 1.807) is 6.33 Å². The van der Waals surface area contributed by atoms with E-state index in [1.807, 2.05) is 0 Å². The SMILES string of the molecule is O=C(C1CCN(c2cc(N3CCCCC3)ncn2)CC1)N1CCC(N2CCCCC2)CC1.